The zero-order valence-electron chi connectivity index (χ0n) is 8.60. The van der Waals surface area contributed by atoms with Crippen molar-refractivity contribution < 1.29 is 9.90 Å². The standard InChI is InChI=1S/C10H16N2O2/c1-7(5-11)10(14)12-4-3-9(13)8(2)6-12/h7-9,13H,3-4,6H2,1-2H3. The lowest BCUT2D eigenvalue weighted by atomic mass is 9.96. The fraction of sp³-hybridized carbons (Fsp3) is 0.800. The van der Waals surface area contributed by atoms with Gasteiger partial charge in [-0.25, -0.2) is 0 Å². The summed E-state index contributed by atoms with van der Waals surface area (Å²) < 4.78 is 0. The third kappa shape index (κ3) is 2.24. The fourth-order valence-electron chi connectivity index (χ4n) is 1.66. The summed E-state index contributed by atoms with van der Waals surface area (Å²) in [6, 6.07) is 1.93. The fourth-order valence-corrected chi connectivity index (χ4v) is 1.66. The van der Waals surface area contributed by atoms with Crippen LogP contribution in [0.1, 0.15) is 20.3 Å². The molecule has 4 heteroatoms. The van der Waals surface area contributed by atoms with Crippen LogP contribution < -0.4 is 0 Å². The Hall–Kier alpha value is -1.08. The minimum absolute atomic E-state index is 0.110. The van der Waals surface area contributed by atoms with E-state index in [1.165, 1.54) is 0 Å². The van der Waals surface area contributed by atoms with Gasteiger partial charge in [-0.15, -0.1) is 0 Å². The van der Waals surface area contributed by atoms with Crippen LogP contribution >= 0.6 is 0 Å². The van der Waals surface area contributed by atoms with Gasteiger partial charge in [-0.1, -0.05) is 6.92 Å². The summed E-state index contributed by atoms with van der Waals surface area (Å²) in [4.78, 5) is 13.3. The van der Waals surface area contributed by atoms with E-state index in [2.05, 4.69) is 0 Å². The lowest BCUT2D eigenvalue weighted by Gasteiger charge is -2.34. The average Bonchev–Trinajstić information content (AvgIpc) is 2.20. The Balaban J connectivity index is 2.55. The first-order valence-corrected chi connectivity index (χ1v) is 4.92. The van der Waals surface area contributed by atoms with Crippen molar-refractivity contribution in [2.24, 2.45) is 11.8 Å². The SMILES string of the molecule is CC(C#N)C(=O)N1CCC(O)C(C)C1. The first-order valence-electron chi connectivity index (χ1n) is 4.92. The van der Waals surface area contributed by atoms with E-state index in [1.807, 2.05) is 13.0 Å². The molecule has 14 heavy (non-hydrogen) atoms. The molecule has 0 spiro atoms. The topological polar surface area (TPSA) is 64.3 Å². The minimum atomic E-state index is -0.572. The van der Waals surface area contributed by atoms with Crippen LogP contribution in [0.3, 0.4) is 0 Å². The van der Waals surface area contributed by atoms with Gasteiger partial charge in [0.1, 0.15) is 5.92 Å². The number of rotatable bonds is 1. The number of nitriles is 1. The number of likely N-dealkylation sites (tertiary alicyclic amines) is 1. The van der Waals surface area contributed by atoms with Crippen molar-refractivity contribution in [1.29, 1.82) is 5.26 Å². The first-order chi connectivity index (χ1) is 6.56. The summed E-state index contributed by atoms with van der Waals surface area (Å²) >= 11 is 0. The summed E-state index contributed by atoms with van der Waals surface area (Å²) in [6.07, 6.45) is 0.307. The van der Waals surface area contributed by atoms with E-state index in [-0.39, 0.29) is 17.9 Å². The van der Waals surface area contributed by atoms with Crippen LogP contribution in [0.2, 0.25) is 0 Å². The maximum absolute atomic E-state index is 11.6. The third-order valence-corrected chi connectivity index (χ3v) is 2.74. The molecule has 1 saturated heterocycles. The zero-order chi connectivity index (χ0) is 10.7. The maximum atomic E-state index is 11.6. The van der Waals surface area contributed by atoms with Crippen molar-refractivity contribution in [2.75, 3.05) is 13.1 Å². The molecule has 0 aliphatic carbocycles. The van der Waals surface area contributed by atoms with Gasteiger partial charge in [-0.3, -0.25) is 4.79 Å². The quantitative estimate of drug-likeness (QED) is 0.659. The number of piperidine rings is 1. The number of carbonyl (C=O) groups excluding carboxylic acids is 1. The van der Waals surface area contributed by atoms with E-state index in [4.69, 9.17) is 5.26 Å². The molecular weight excluding hydrogens is 180 g/mol. The van der Waals surface area contributed by atoms with Crippen molar-refractivity contribution in [2.45, 2.75) is 26.4 Å². The molecule has 1 aliphatic rings. The molecule has 1 heterocycles. The molecule has 1 fully saturated rings. The van der Waals surface area contributed by atoms with Crippen molar-refractivity contribution in [3.8, 4) is 6.07 Å². The van der Waals surface area contributed by atoms with Crippen LogP contribution in [0.15, 0.2) is 0 Å². The second kappa shape index (κ2) is 4.43. The van der Waals surface area contributed by atoms with Crippen molar-refractivity contribution >= 4 is 5.91 Å². The molecule has 3 atom stereocenters. The molecular formula is C10H16N2O2. The van der Waals surface area contributed by atoms with Crippen LogP contribution in [-0.2, 0) is 4.79 Å². The first kappa shape index (κ1) is 11.0. The number of nitrogens with zero attached hydrogens (tertiary/aromatic N) is 2. The van der Waals surface area contributed by atoms with Gasteiger partial charge in [0.2, 0.25) is 5.91 Å². The number of hydrogen-bond acceptors (Lipinski definition) is 3. The summed E-state index contributed by atoms with van der Waals surface area (Å²) in [7, 11) is 0. The van der Waals surface area contributed by atoms with Crippen LogP contribution in [-0.4, -0.2) is 35.1 Å². The lowest BCUT2D eigenvalue weighted by Crippen LogP contribution is -2.46. The predicted octanol–water partition coefficient (Wildman–Crippen LogP) is 0.375. The summed E-state index contributed by atoms with van der Waals surface area (Å²) in [5.74, 6) is -0.581. The Bertz CT molecular complexity index is 259. The van der Waals surface area contributed by atoms with Gasteiger partial charge in [-0.2, -0.15) is 5.26 Å². The highest BCUT2D eigenvalue weighted by Crippen LogP contribution is 2.18. The van der Waals surface area contributed by atoms with Gasteiger partial charge in [0.15, 0.2) is 0 Å². The largest absolute Gasteiger partial charge is 0.393 e. The number of hydrogen-bond donors (Lipinski definition) is 1. The molecule has 1 amide bonds. The van der Waals surface area contributed by atoms with Crippen molar-refractivity contribution in [1.82, 2.24) is 4.90 Å². The second-order valence-electron chi connectivity index (χ2n) is 3.97. The molecule has 1 N–H and O–H groups in total. The van der Waals surface area contributed by atoms with Crippen LogP contribution in [0.5, 0.6) is 0 Å². The summed E-state index contributed by atoms with van der Waals surface area (Å²) in [6.45, 7) is 4.65. The molecule has 0 aromatic carbocycles. The molecule has 78 valence electrons. The second-order valence-corrected chi connectivity index (χ2v) is 3.97. The average molecular weight is 196 g/mol. The monoisotopic (exact) mass is 196 g/mol. The third-order valence-electron chi connectivity index (χ3n) is 2.74. The molecule has 0 aromatic rings. The van der Waals surface area contributed by atoms with Gasteiger partial charge in [0, 0.05) is 13.1 Å². The highest BCUT2D eigenvalue weighted by Gasteiger charge is 2.29. The number of amides is 1. The van der Waals surface area contributed by atoms with Gasteiger partial charge in [0.25, 0.3) is 0 Å². The van der Waals surface area contributed by atoms with E-state index >= 15 is 0 Å². The Morgan fingerprint density at radius 1 is 1.71 bits per heavy atom. The molecule has 4 nitrogen and oxygen atoms in total. The molecule has 3 unspecified atom stereocenters. The van der Waals surface area contributed by atoms with Crippen molar-refractivity contribution in [3.63, 3.8) is 0 Å². The number of aliphatic hydroxyl groups excluding tert-OH is 1. The van der Waals surface area contributed by atoms with Crippen LogP contribution in [0.25, 0.3) is 0 Å². The van der Waals surface area contributed by atoms with Gasteiger partial charge in [0.05, 0.1) is 12.2 Å². The Morgan fingerprint density at radius 3 is 2.86 bits per heavy atom. The Labute approximate surface area is 84.1 Å². The van der Waals surface area contributed by atoms with E-state index in [9.17, 15) is 9.90 Å². The van der Waals surface area contributed by atoms with E-state index in [0.29, 0.717) is 19.5 Å². The van der Waals surface area contributed by atoms with Gasteiger partial charge >= 0.3 is 0 Å². The smallest absolute Gasteiger partial charge is 0.239 e. The molecule has 0 bridgehead atoms. The number of aliphatic hydroxyl groups is 1. The van der Waals surface area contributed by atoms with Crippen LogP contribution in [0.4, 0.5) is 0 Å². The molecule has 0 aromatic heterocycles. The maximum Gasteiger partial charge on any atom is 0.239 e. The van der Waals surface area contributed by atoms with E-state index in [0.717, 1.165) is 0 Å². The van der Waals surface area contributed by atoms with Gasteiger partial charge in [-0.05, 0) is 19.3 Å². The molecule has 1 aliphatic heterocycles. The molecule has 0 saturated carbocycles. The van der Waals surface area contributed by atoms with Crippen molar-refractivity contribution in [3.05, 3.63) is 0 Å². The Kier molecular flexibility index (Phi) is 3.48. The van der Waals surface area contributed by atoms with Crippen LogP contribution in [0, 0.1) is 23.2 Å². The highest BCUT2D eigenvalue weighted by atomic mass is 16.3. The predicted molar refractivity (Wildman–Crippen MR) is 51.1 cm³/mol. The zero-order valence-corrected chi connectivity index (χ0v) is 8.60. The summed E-state index contributed by atoms with van der Waals surface area (Å²) in [5, 5.41) is 18.1. The number of carbonyl (C=O) groups is 1. The lowest BCUT2D eigenvalue weighted by molar-refractivity contribution is -0.136. The highest BCUT2D eigenvalue weighted by molar-refractivity contribution is 5.80. The molecule has 0 radical (unpaired) electrons. The minimum Gasteiger partial charge on any atom is -0.393 e. The normalized spacial score (nSPS) is 29.4. The van der Waals surface area contributed by atoms with E-state index in [1.54, 1.807) is 11.8 Å². The Morgan fingerprint density at radius 2 is 2.36 bits per heavy atom. The van der Waals surface area contributed by atoms with E-state index < -0.39 is 5.92 Å². The molecule has 1 rings (SSSR count). The summed E-state index contributed by atoms with van der Waals surface area (Å²) in [5.41, 5.74) is 0. The van der Waals surface area contributed by atoms with Gasteiger partial charge < -0.3 is 10.0 Å².